The molecule has 1 aliphatic rings. The summed E-state index contributed by atoms with van der Waals surface area (Å²) < 4.78 is 41.9. The molecule has 1 unspecified atom stereocenters. The van der Waals surface area contributed by atoms with Gasteiger partial charge in [0.25, 0.3) is 0 Å². The average molecular weight is 571 g/mol. The van der Waals surface area contributed by atoms with Crippen molar-refractivity contribution in [2.45, 2.75) is 45.9 Å². The van der Waals surface area contributed by atoms with Crippen LogP contribution in [0.1, 0.15) is 47.4 Å². The van der Waals surface area contributed by atoms with Crippen molar-refractivity contribution in [3.8, 4) is 17.3 Å². The summed E-state index contributed by atoms with van der Waals surface area (Å²) in [7, 11) is -4.08. The van der Waals surface area contributed by atoms with E-state index in [0.717, 1.165) is 11.1 Å². The van der Waals surface area contributed by atoms with Crippen molar-refractivity contribution in [2.24, 2.45) is 5.92 Å². The van der Waals surface area contributed by atoms with E-state index in [0.29, 0.717) is 17.8 Å². The van der Waals surface area contributed by atoms with Crippen molar-refractivity contribution < 1.29 is 32.6 Å². The molecule has 1 fully saturated rings. The first kappa shape index (κ1) is 29.2. The molecule has 4 rings (SSSR count). The van der Waals surface area contributed by atoms with Gasteiger partial charge in [0.05, 0.1) is 18.9 Å². The summed E-state index contributed by atoms with van der Waals surface area (Å²) in [6.07, 6.45) is 0.625. The number of carbonyl (C=O) groups excluding carboxylic acids is 1. The van der Waals surface area contributed by atoms with Crippen molar-refractivity contribution >= 4 is 27.6 Å². The Kier molecular flexibility index (Phi) is 8.62. The summed E-state index contributed by atoms with van der Waals surface area (Å²) in [4.78, 5) is 24.4. The second-order valence-electron chi connectivity index (χ2n) is 9.86. The molecular weight excluding hydrogens is 536 g/mol. The summed E-state index contributed by atoms with van der Waals surface area (Å²) in [6.45, 7) is 9.87. The summed E-state index contributed by atoms with van der Waals surface area (Å²) in [6, 6.07) is 9.98. The third-order valence-electron chi connectivity index (χ3n) is 6.92. The third kappa shape index (κ3) is 5.88. The number of morpholine rings is 1. The second kappa shape index (κ2) is 11.8. The standard InChI is InChI=1S/C28H34N4O7S/c1-6-18(3)26(33)29-21-8-10-23(24(16-21)40(36,37)31-11-13-38-14-12-31)39-27-20(5)25(28(34)35)30-32(27)22-9-7-17(2)15-19(22)4/h7-10,15-16,18H,6,11-14H2,1-5H3,(H,29,33)(H,34,35). The quantitative estimate of drug-likeness (QED) is 0.388. The van der Waals surface area contributed by atoms with Gasteiger partial charge in [-0.25, -0.2) is 13.2 Å². The zero-order valence-corrected chi connectivity index (χ0v) is 24.0. The van der Waals surface area contributed by atoms with Crippen LogP contribution in [0.3, 0.4) is 0 Å². The van der Waals surface area contributed by atoms with Gasteiger partial charge in [0.2, 0.25) is 21.8 Å². The maximum atomic E-state index is 13.8. The van der Waals surface area contributed by atoms with Crippen molar-refractivity contribution in [1.82, 2.24) is 14.1 Å². The van der Waals surface area contributed by atoms with Gasteiger partial charge in [0.1, 0.15) is 10.6 Å². The van der Waals surface area contributed by atoms with Crippen LogP contribution in [0.25, 0.3) is 5.69 Å². The maximum absolute atomic E-state index is 13.8. The van der Waals surface area contributed by atoms with Gasteiger partial charge in [-0.1, -0.05) is 31.5 Å². The highest BCUT2D eigenvalue weighted by molar-refractivity contribution is 7.89. The van der Waals surface area contributed by atoms with Gasteiger partial charge in [-0.15, -0.1) is 0 Å². The Bertz CT molecular complexity index is 1540. The Morgan fingerprint density at radius 2 is 1.82 bits per heavy atom. The molecule has 2 N–H and O–H groups in total. The van der Waals surface area contributed by atoms with E-state index in [2.05, 4.69) is 10.4 Å². The first-order valence-electron chi connectivity index (χ1n) is 13.0. The Balaban J connectivity index is 1.86. The fourth-order valence-corrected chi connectivity index (χ4v) is 5.91. The molecule has 1 aromatic heterocycles. The maximum Gasteiger partial charge on any atom is 0.356 e. The minimum atomic E-state index is -4.08. The molecule has 0 spiro atoms. The lowest BCUT2D eigenvalue weighted by atomic mass is 10.1. The van der Waals surface area contributed by atoms with Crippen LogP contribution >= 0.6 is 0 Å². The number of carbonyl (C=O) groups is 2. The number of rotatable bonds is 9. The highest BCUT2D eigenvalue weighted by Crippen LogP contribution is 2.37. The number of hydrogen-bond acceptors (Lipinski definition) is 7. The molecule has 1 amide bonds. The lowest BCUT2D eigenvalue weighted by Crippen LogP contribution is -2.40. The predicted octanol–water partition coefficient (Wildman–Crippen LogP) is 4.29. The molecule has 1 saturated heterocycles. The number of carboxylic acids is 1. The van der Waals surface area contributed by atoms with Gasteiger partial charge in [-0.05, 0) is 57.0 Å². The van der Waals surface area contributed by atoms with E-state index in [9.17, 15) is 23.1 Å². The van der Waals surface area contributed by atoms with Gasteiger partial charge >= 0.3 is 5.97 Å². The summed E-state index contributed by atoms with van der Waals surface area (Å²) in [5.41, 5.74) is 2.75. The van der Waals surface area contributed by atoms with Crippen LogP contribution in [0.5, 0.6) is 11.6 Å². The lowest BCUT2D eigenvalue weighted by Gasteiger charge is -2.27. The molecule has 0 bridgehead atoms. The number of aryl methyl sites for hydroxylation is 2. The van der Waals surface area contributed by atoms with E-state index in [4.69, 9.17) is 9.47 Å². The molecular formula is C28H34N4O7S. The van der Waals surface area contributed by atoms with Gasteiger partial charge in [-0.3, -0.25) is 4.79 Å². The highest BCUT2D eigenvalue weighted by atomic mass is 32.2. The minimum absolute atomic E-state index is 0.0287. The number of anilines is 1. The molecule has 214 valence electrons. The first-order chi connectivity index (χ1) is 18.9. The van der Waals surface area contributed by atoms with E-state index < -0.39 is 16.0 Å². The van der Waals surface area contributed by atoms with Crippen LogP contribution in [-0.4, -0.2) is 65.8 Å². The van der Waals surface area contributed by atoms with Gasteiger partial charge in [0.15, 0.2) is 5.69 Å². The van der Waals surface area contributed by atoms with Crippen molar-refractivity contribution in [2.75, 3.05) is 31.6 Å². The minimum Gasteiger partial charge on any atom is -0.476 e. The number of aromatic nitrogens is 2. The largest absolute Gasteiger partial charge is 0.476 e. The van der Waals surface area contributed by atoms with E-state index in [-0.39, 0.29) is 65.9 Å². The van der Waals surface area contributed by atoms with E-state index in [1.54, 1.807) is 26.0 Å². The van der Waals surface area contributed by atoms with Crippen LogP contribution in [0.2, 0.25) is 0 Å². The van der Waals surface area contributed by atoms with E-state index in [1.807, 2.05) is 32.9 Å². The predicted molar refractivity (Wildman–Crippen MR) is 149 cm³/mol. The second-order valence-corrected chi connectivity index (χ2v) is 11.8. The number of nitrogens with one attached hydrogen (secondary N) is 1. The number of sulfonamides is 1. The monoisotopic (exact) mass is 570 g/mol. The SMILES string of the molecule is CCC(C)C(=O)Nc1ccc(Oc2c(C)c(C(=O)O)nn2-c2ccc(C)cc2C)c(S(=O)(=O)N2CCOCC2)c1. The number of nitrogens with zero attached hydrogens (tertiary/aromatic N) is 3. The van der Waals surface area contributed by atoms with Crippen molar-refractivity contribution in [3.05, 3.63) is 58.8 Å². The molecule has 2 aromatic carbocycles. The van der Waals surface area contributed by atoms with Gasteiger partial charge < -0.3 is 19.9 Å². The van der Waals surface area contributed by atoms with Crippen LogP contribution < -0.4 is 10.1 Å². The highest BCUT2D eigenvalue weighted by Gasteiger charge is 2.32. The number of aromatic carboxylic acids is 1. The van der Waals surface area contributed by atoms with Crippen LogP contribution in [0.4, 0.5) is 5.69 Å². The number of ether oxygens (including phenoxy) is 2. The topological polar surface area (TPSA) is 140 Å². The zero-order valence-electron chi connectivity index (χ0n) is 23.2. The number of benzene rings is 2. The third-order valence-corrected chi connectivity index (χ3v) is 8.84. The molecule has 1 atom stereocenters. The molecule has 0 radical (unpaired) electrons. The molecule has 0 aliphatic carbocycles. The molecule has 1 aliphatic heterocycles. The molecule has 3 aromatic rings. The van der Waals surface area contributed by atoms with Gasteiger partial charge in [0, 0.05) is 30.3 Å². The Morgan fingerprint density at radius 3 is 2.45 bits per heavy atom. The molecule has 12 heteroatoms. The van der Waals surface area contributed by atoms with Crippen molar-refractivity contribution in [3.63, 3.8) is 0 Å². The summed E-state index contributed by atoms with van der Waals surface area (Å²) in [5, 5.41) is 16.9. The lowest BCUT2D eigenvalue weighted by molar-refractivity contribution is -0.119. The van der Waals surface area contributed by atoms with Crippen LogP contribution in [0, 0.1) is 26.7 Å². The fraction of sp³-hybridized carbons (Fsp3) is 0.393. The van der Waals surface area contributed by atoms with E-state index >= 15 is 0 Å². The molecule has 11 nitrogen and oxygen atoms in total. The Hall–Kier alpha value is -3.74. The van der Waals surface area contributed by atoms with Crippen LogP contribution in [0.15, 0.2) is 41.3 Å². The number of hydrogen-bond donors (Lipinski definition) is 2. The van der Waals surface area contributed by atoms with Crippen LogP contribution in [-0.2, 0) is 19.6 Å². The average Bonchev–Trinajstić information content (AvgIpc) is 3.25. The van der Waals surface area contributed by atoms with E-state index in [1.165, 1.54) is 21.1 Å². The Morgan fingerprint density at radius 1 is 1.12 bits per heavy atom. The zero-order chi connectivity index (χ0) is 29.2. The summed E-state index contributed by atoms with van der Waals surface area (Å²) in [5.74, 6) is -1.70. The molecule has 40 heavy (non-hydrogen) atoms. The molecule has 2 heterocycles. The summed E-state index contributed by atoms with van der Waals surface area (Å²) >= 11 is 0. The van der Waals surface area contributed by atoms with Gasteiger partial charge in [-0.2, -0.15) is 14.1 Å². The Labute approximate surface area is 233 Å². The first-order valence-corrected chi connectivity index (χ1v) is 14.5. The fourth-order valence-electron chi connectivity index (χ4n) is 4.36. The van der Waals surface area contributed by atoms with Crippen molar-refractivity contribution in [1.29, 1.82) is 0 Å². The number of amides is 1. The smallest absolute Gasteiger partial charge is 0.356 e. The molecule has 0 saturated carbocycles. The number of carboxylic acid groups (broad SMARTS) is 1. The normalized spacial score (nSPS) is 15.0.